The summed E-state index contributed by atoms with van der Waals surface area (Å²) in [6.07, 6.45) is 0.469. The van der Waals surface area contributed by atoms with E-state index in [2.05, 4.69) is 4.72 Å². The smallest absolute Gasteiger partial charge is 0.240 e. The van der Waals surface area contributed by atoms with E-state index >= 15 is 0 Å². The van der Waals surface area contributed by atoms with E-state index in [1.54, 1.807) is 20.1 Å². The molecule has 0 bridgehead atoms. The first-order valence-corrected chi connectivity index (χ1v) is 9.41. The first-order chi connectivity index (χ1) is 11.9. The van der Waals surface area contributed by atoms with E-state index in [0.717, 1.165) is 11.6 Å². The zero-order valence-electron chi connectivity index (χ0n) is 14.5. The number of nitrogens with one attached hydrogen (secondary N) is 1. The monoisotopic (exact) mass is 367 g/mol. The van der Waals surface area contributed by atoms with Crippen LogP contribution < -0.4 is 14.2 Å². The molecular weight excluding hydrogens is 345 g/mol. The van der Waals surface area contributed by atoms with Crippen molar-refractivity contribution in [2.45, 2.75) is 25.2 Å². The first kappa shape index (κ1) is 19.2. The summed E-state index contributed by atoms with van der Waals surface area (Å²) in [4.78, 5) is -0.0447. The van der Waals surface area contributed by atoms with Crippen LogP contribution in [0.4, 0.5) is 4.39 Å². The molecule has 0 aliphatic carbocycles. The molecule has 0 radical (unpaired) electrons. The fraction of sp³-hybridized carbons (Fsp3) is 0.333. The molecule has 2 rings (SSSR count). The van der Waals surface area contributed by atoms with Crippen LogP contribution in [0.15, 0.2) is 41.3 Å². The van der Waals surface area contributed by atoms with Crippen molar-refractivity contribution >= 4 is 10.0 Å². The van der Waals surface area contributed by atoms with Crippen molar-refractivity contribution in [3.05, 3.63) is 53.3 Å². The van der Waals surface area contributed by atoms with Crippen molar-refractivity contribution in [2.24, 2.45) is 0 Å². The van der Waals surface area contributed by atoms with Gasteiger partial charge in [-0.1, -0.05) is 12.1 Å². The van der Waals surface area contributed by atoms with Crippen LogP contribution >= 0.6 is 0 Å². The highest BCUT2D eigenvalue weighted by Crippen LogP contribution is 2.28. The Hall–Kier alpha value is -2.12. The third-order valence-corrected chi connectivity index (χ3v) is 5.28. The zero-order chi connectivity index (χ0) is 18.4. The van der Waals surface area contributed by atoms with Gasteiger partial charge in [-0.3, -0.25) is 0 Å². The molecule has 0 heterocycles. The Kier molecular flexibility index (Phi) is 6.39. The Bertz CT molecular complexity index is 837. The predicted molar refractivity (Wildman–Crippen MR) is 94.2 cm³/mol. The summed E-state index contributed by atoms with van der Waals surface area (Å²) in [6, 6.07) is 9.17. The molecule has 7 heteroatoms. The molecule has 0 amide bonds. The lowest BCUT2D eigenvalue weighted by Crippen LogP contribution is -2.26. The minimum absolute atomic E-state index is 0.0447. The van der Waals surface area contributed by atoms with E-state index in [-0.39, 0.29) is 11.4 Å². The quantitative estimate of drug-likeness (QED) is 0.779. The molecule has 0 aliphatic heterocycles. The van der Waals surface area contributed by atoms with Crippen LogP contribution in [0.1, 0.15) is 18.1 Å². The van der Waals surface area contributed by atoms with Crippen molar-refractivity contribution in [1.82, 2.24) is 4.72 Å². The van der Waals surface area contributed by atoms with Gasteiger partial charge in [-0.25, -0.2) is 17.5 Å². The second-order valence-electron chi connectivity index (χ2n) is 5.48. The Morgan fingerprint density at radius 1 is 1.12 bits per heavy atom. The topological polar surface area (TPSA) is 64.6 Å². The maximum atomic E-state index is 13.3. The van der Waals surface area contributed by atoms with Gasteiger partial charge in [-0.15, -0.1) is 0 Å². The number of aryl methyl sites for hydroxylation is 1. The van der Waals surface area contributed by atoms with Gasteiger partial charge in [0.25, 0.3) is 0 Å². The average molecular weight is 367 g/mol. The zero-order valence-corrected chi connectivity index (χ0v) is 15.3. The van der Waals surface area contributed by atoms with Crippen LogP contribution in [-0.4, -0.2) is 28.7 Å². The Balaban J connectivity index is 2.06. The van der Waals surface area contributed by atoms with Gasteiger partial charge in [0.15, 0.2) is 11.5 Å². The molecule has 0 saturated heterocycles. The third kappa shape index (κ3) is 4.93. The molecule has 25 heavy (non-hydrogen) atoms. The molecule has 2 aromatic rings. The molecule has 1 N–H and O–H groups in total. The lowest BCUT2D eigenvalue weighted by Gasteiger charge is -2.12. The maximum Gasteiger partial charge on any atom is 0.240 e. The summed E-state index contributed by atoms with van der Waals surface area (Å²) in [7, 11) is -2.21. The van der Waals surface area contributed by atoms with E-state index in [9.17, 15) is 12.8 Å². The Morgan fingerprint density at radius 3 is 2.56 bits per heavy atom. The number of halogens is 1. The van der Waals surface area contributed by atoms with Crippen LogP contribution in [-0.2, 0) is 16.4 Å². The number of ether oxygens (including phenoxy) is 2. The number of rotatable bonds is 8. The number of hydrogen-bond donors (Lipinski definition) is 1. The first-order valence-electron chi connectivity index (χ1n) is 7.93. The molecule has 0 saturated carbocycles. The number of benzene rings is 2. The molecule has 0 aliphatic rings. The van der Waals surface area contributed by atoms with E-state index in [1.165, 1.54) is 12.1 Å². The molecule has 0 atom stereocenters. The van der Waals surface area contributed by atoms with Gasteiger partial charge in [0.05, 0.1) is 18.6 Å². The second-order valence-corrected chi connectivity index (χ2v) is 7.21. The van der Waals surface area contributed by atoms with Gasteiger partial charge < -0.3 is 9.47 Å². The summed E-state index contributed by atoms with van der Waals surface area (Å²) in [5.74, 6) is 0.662. The van der Waals surface area contributed by atoms with Crippen molar-refractivity contribution in [3.8, 4) is 11.5 Å². The van der Waals surface area contributed by atoms with Crippen LogP contribution in [0.3, 0.4) is 0 Å². The molecule has 0 fully saturated rings. The molecule has 2 aromatic carbocycles. The molecule has 0 aromatic heterocycles. The lowest BCUT2D eigenvalue weighted by molar-refractivity contribution is 0.310. The minimum atomic E-state index is -3.76. The third-order valence-electron chi connectivity index (χ3n) is 3.67. The normalized spacial score (nSPS) is 11.4. The van der Waals surface area contributed by atoms with Crippen LogP contribution in [0.5, 0.6) is 11.5 Å². The molecule has 0 spiro atoms. The SMILES string of the molecule is CCOc1ccc(CCNS(=O)(=O)c2cc(F)ccc2C)cc1OC. The average Bonchev–Trinajstić information content (AvgIpc) is 2.58. The van der Waals surface area contributed by atoms with Crippen molar-refractivity contribution in [3.63, 3.8) is 0 Å². The molecule has 5 nitrogen and oxygen atoms in total. The Labute approximate surface area is 147 Å². The van der Waals surface area contributed by atoms with Gasteiger partial charge in [0.1, 0.15) is 5.82 Å². The van der Waals surface area contributed by atoms with Crippen LogP contribution in [0.25, 0.3) is 0 Å². The highest BCUT2D eigenvalue weighted by molar-refractivity contribution is 7.89. The van der Waals surface area contributed by atoms with Crippen LogP contribution in [0.2, 0.25) is 0 Å². The van der Waals surface area contributed by atoms with E-state index < -0.39 is 15.8 Å². The molecular formula is C18H22FNO4S. The second kappa shape index (κ2) is 8.31. The van der Waals surface area contributed by atoms with Gasteiger partial charge >= 0.3 is 0 Å². The maximum absolute atomic E-state index is 13.3. The Morgan fingerprint density at radius 2 is 1.88 bits per heavy atom. The van der Waals surface area contributed by atoms with E-state index in [1.807, 2.05) is 19.1 Å². The highest BCUT2D eigenvalue weighted by Gasteiger charge is 2.17. The summed E-state index contributed by atoms with van der Waals surface area (Å²) in [5, 5.41) is 0. The van der Waals surface area contributed by atoms with Gasteiger partial charge in [-0.05, 0) is 55.7 Å². The summed E-state index contributed by atoms with van der Waals surface area (Å²) in [6.45, 7) is 4.24. The van der Waals surface area contributed by atoms with Crippen molar-refractivity contribution < 1.29 is 22.3 Å². The largest absolute Gasteiger partial charge is 0.493 e. The number of methoxy groups -OCH3 is 1. The van der Waals surface area contributed by atoms with Crippen LogP contribution in [0, 0.1) is 12.7 Å². The fourth-order valence-corrected chi connectivity index (χ4v) is 3.70. The standard InChI is InChI=1S/C18H22FNO4S/c1-4-24-16-8-6-14(11-17(16)23-3)9-10-20-25(21,22)18-12-15(19)7-5-13(18)2/h5-8,11-12,20H,4,9-10H2,1-3H3. The summed E-state index contributed by atoms with van der Waals surface area (Å²) >= 11 is 0. The number of hydrogen-bond acceptors (Lipinski definition) is 4. The van der Waals surface area contributed by atoms with E-state index in [0.29, 0.717) is 30.1 Å². The summed E-state index contributed by atoms with van der Waals surface area (Å²) < 4.78 is 51.2. The fourth-order valence-electron chi connectivity index (χ4n) is 2.41. The van der Waals surface area contributed by atoms with Gasteiger partial charge in [0.2, 0.25) is 10.0 Å². The lowest BCUT2D eigenvalue weighted by atomic mass is 10.1. The summed E-state index contributed by atoms with van der Waals surface area (Å²) in [5.41, 5.74) is 1.40. The highest BCUT2D eigenvalue weighted by atomic mass is 32.2. The van der Waals surface area contributed by atoms with Crippen molar-refractivity contribution in [1.29, 1.82) is 0 Å². The molecule has 136 valence electrons. The number of sulfonamides is 1. The van der Waals surface area contributed by atoms with Gasteiger partial charge in [-0.2, -0.15) is 0 Å². The molecule has 0 unspecified atom stereocenters. The predicted octanol–water partition coefficient (Wildman–Crippen LogP) is 3.06. The van der Waals surface area contributed by atoms with Gasteiger partial charge in [0, 0.05) is 6.54 Å². The van der Waals surface area contributed by atoms with E-state index in [4.69, 9.17) is 9.47 Å². The minimum Gasteiger partial charge on any atom is -0.493 e. The van der Waals surface area contributed by atoms with Crippen molar-refractivity contribution in [2.75, 3.05) is 20.3 Å².